The van der Waals surface area contributed by atoms with Crippen LogP contribution in [0.15, 0.2) is 24.3 Å². The lowest BCUT2D eigenvalue weighted by Gasteiger charge is -2.29. The van der Waals surface area contributed by atoms with E-state index in [1.54, 1.807) is 18.2 Å². The maximum Gasteiger partial charge on any atom is 0.273 e. The van der Waals surface area contributed by atoms with Gasteiger partial charge in [-0.2, -0.15) is 0 Å². The molecule has 1 saturated heterocycles. The largest absolute Gasteiger partial charge is 0.302 e. The number of nitrogens with zero attached hydrogens (tertiary/aromatic N) is 2. The predicted octanol–water partition coefficient (Wildman–Crippen LogP) is 1.90. The molecule has 1 saturated carbocycles. The van der Waals surface area contributed by atoms with Crippen LogP contribution in [-0.4, -0.2) is 35.2 Å². The summed E-state index contributed by atoms with van der Waals surface area (Å²) in [6.45, 7) is 0.822. The minimum Gasteiger partial charge on any atom is -0.302 e. The van der Waals surface area contributed by atoms with Crippen molar-refractivity contribution in [1.82, 2.24) is 4.90 Å². The van der Waals surface area contributed by atoms with Crippen LogP contribution < -0.4 is 0 Å². The van der Waals surface area contributed by atoms with Crippen LogP contribution in [0.3, 0.4) is 0 Å². The van der Waals surface area contributed by atoms with E-state index in [1.165, 1.54) is 6.07 Å². The van der Waals surface area contributed by atoms with Crippen molar-refractivity contribution in [2.24, 2.45) is 0 Å². The Kier molecular flexibility index (Phi) is 2.67. The first-order chi connectivity index (χ1) is 9.07. The fraction of sp³-hybridized carbons (Fsp3) is 0.500. The summed E-state index contributed by atoms with van der Waals surface area (Å²) in [6.07, 6.45) is 2.03. The maximum atomic E-state index is 12.4. The molecule has 3 rings (SSSR count). The zero-order chi connectivity index (χ0) is 13.6. The molecule has 0 spiro atoms. The van der Waals surface area contributed by atoms with Crippen LogP contribution in [0.1, 0.15) is 24.8 Å². The molecule has 2 atom stereocenters. The summed E-state index contributed by atoms with van der Waals surface area (Å²) in [5.41, 5.74) is 0.0354. The van der Waals surface area contributed by atoms with Gasteiger partial charge in [-0.3, -0.25) is 14.9 Å². The molecule has 0 unspecified atom stereocenters. The van der Waals surface area contributed by atoms with Crippen LogP contribution in [0.5, 0.6) is 0 Å². The number of carbonyl (C=O) groups excluding carboxylic acids is 1. The van der Waals surface area contributed by atoms with Crippen molar-refractivity contribution in [3.8, 4) is 0 Å². The lowest BCUT2D eigenvalue weighted by molar-refractivity contribution is -0.386. The van der Waals surface area contributed by atoms with Crippen LogP contribution in [0.25, 0.3) is 0 Å². The van der Waals surface area contributed by atoms with Crippen molar-refractivity contribution < 1.29 is 9.72 Å². The van der Waals surface area contributed by atoms with Gasteiger partial charge in [0.2, 0.25) is 0 Å². The Morgan fingerprint density at radius 2 is 2.16 bits per heavy atom. The summed E-state index contributed by atoms with van der Waals surface area (Å²) in [5, 5.41) is 11.2. The molecule has 0 bridgehead atoms. The number of hydrogen-bond acceptors (Lipinski definition) is 4. The van der Waals surface area contributed by atoms with E-state index in [9.17, 15) is 14.9 Å². The van der Waals surface area contributed by atoms with Crippen molar-refractivity contribution in [1.29, 1.82) is 0 Å². The molecule has 1 aliphatic heterocycles. The van der Waals surface area contributed by atoms with Gasteiger partial charge in [-0.25, -0.2) is 0 Å². The van der Waals surface area contributed by atoms with E-state index in [-0.39, 0.29) is 22.4 Å². The highest BCUT2D eigenvalue weighted by Gasteiger charge is 2.57. The van der Waals surface area contributed by atoms with Gasteiger partial charge in [0, 0.05) is 24.1 Å². The Morgan fingerprint density at radius 3 is 2.89 bits per heavy atom. The average Bonchev–Trinajstić information content (AvgIpc) is 2.90. The first kappa shape index (κ1) is 12.3. The van der Waals surface area contributed by atoms with E-state index in [0.717, 1.165) is 13.0 Å². The van der Waals surface area contributed by atoms with Crippen LogP contribution in [-0.2, 0) is 10.2 Å². The van der Waals surface area contributed by atoms with Crippen molar-refractivity contribution in [2.75, 3.05) is 13.6 Å². The highest BCUT2D eigenvalue weighted by Crippen LogP contribution is 2.50. The molecular weight excluding hydrogens is 244 g/mol. The number of fused-ring (bicyclic) bond motifs is 1. The van der Waals surface area contributed by atoms with Crippen LogP contribution >= 0.6 is 0 Å². The first-order valence-corrected chi connectivity index (χ1v) is 6.55. The second-order valence-electron chi connectivity index (χ2n) is 5.45. The number of rotatable bonds is 2. The van der Waals surface area contributed by atoms with Gasteiger partial charge >= 0.3 is 0 Å². The lowest BCUT2D eigenvalue weighted by Crippen LogP contribution is -2.41. The van der Waals surface area contributed by atoms with E-state index in [1.807, 2.05) is 7.05 Å². The molecule has 1 aliphatic carbocycles. The van der Waals surface area contributed by atoms with E-state index < -0.39 is 5.41 Å². The van der Waals surface area contributed by atoms with Gasteiger partial charge in [0.1, 0.15) is 5.78 Å². The highest BCUT2D eigenvalue weighted by molar-refractivity contribution is 5.95. The van der Waals surface area contributed by atoms with Gasteiger partial charge < -0.3 is 4.90 Å². The normalized spacial score (nSPS) is 30.6. The minimum absolute atomic E-state index is 0.0815. The molecular formula is C14H16N2O3. The summed E-state index contributed by atoms with van der Waals surface area (Å²) in [7, 11) is 2.00. The van der Waals surface area contributed by atoms with Crippen LogP contribution in [0.2, 0.25) is 0 Å². The van der Waals surface area contributed by atoms with Gasteiger partial charge in [0.05, 0.1) is 10.3 Å². The molecule has 1 heterocycles. The van der Waals surface area contributed by atoms with Gasteiger partial charge in [0.15, 0.2) is 0 Å². The van der Waals surface area contributed by atoms with Crippen molar-refractivity contribution >= 4 is 11.5 Å². The van der Waals surface area contributed by atoms with E-state index >= 15 is 0 Å². The fourth-order valence-corrected chi connectivity index (χ4v) is 3.81. The number of carbonyl (C=O) groups is 1. The number of likely N-dealkylation sites (N-methyl/N-ethyl adjacent to an activating group) is 1. The molecule has 0 N–H and O–H groups in total. The molecule has 100 valence electrons. The number of nitro groups is 1. The standard InChI is InChI=1S/C14H16N2O3/c1-15-9-8-14(12(15)6-7-13(14)17)10-4-2-3-5-11(10)16(18)19/h2-5,12H,6-9H2,1H3/t12-,14+/m0/s1. The third-order valence-corrected chi connectivity index (χ3v) is 4.68. The Labute approximate surface area is 111 Å². The molecule has 19 heavy (non-hydrogen) atoms. The van der Waals surface area contributed by atoms with E-state index in [2.05, 4.69) is 4.90 Å². The molecule has 2 fully saturated rings. The average molecular weight is 260 g/mol. The third kappa shape index (κ3) is 1.54. The quantitative estimate of drug-likeness (QED) is 0.602. The van der Waals surface area contributed by atoms with E-state index in [0.29, 0.717) is 18.4 Å². The summed E-state index contributed by atoms with van der Waals surface area (Å²) < 4.78 is 0. The summed E-state index contributed by atoms with van der Waals surface area (Å²) in [6, 6.07) is 6.82. The maximum absolute atomic E-state index is 12.4. The fourth-order valence-electron chi connectivity index (χ4n) is 3.81. The molecule has 1 aromatic carbocycles. The second-order valence-corrected chi connectivity index (χ2v) is 5.45. The zero-order valence-electron chi connectivity index (χ0n) is 10.8. The molecule has 2 aliphatic rings. The number of benzene rings is 1. The molecule has 0 radical (unpaired) electrons. The van der Waals surface area contributed by atoms with Crippen molar-refractivity contribution in [3.05, 3.63) is 39.9 Å². The molecule has 5 nitrogen and oxygen atoms in total. The van der Waals surface area contributed by atoms with Gasteiger partial charge in [-0.15, -0.1) is 0 Å². The number of Topliss-reactive ketones (excluding diaryl/α,β-unsaturated/α-hetero) is 1. The minimum atomic E-state index is -0.654. The molecule has 0 amide bonds. The molecule has 0 aromatic heterocycles. The lowest BCUT2D eigenvalue weighted by atomic mass is 9.74. The SMILES string of the molecule is CN1CC[C@]2(c3ccccc3[N+](=O)[O-])C(=O)CC[C@H]12. The van der Waals surface area contributed by atoms with Gasteiger partial charge in [-0.05, 0) is 26.4 Å². The highest BCUT2D eigenvalue weighted by atomic mass is 16.6. The van der Waals surface area contributed by atoms with Crippen molar-refractivity contribution in [3.63, 3.8) is 0 Å². The Bertz CT molecular complexity index is 557. The first-order valence-electron chi connectivity index (χ1n) is 6.55. The summed E-state index contributed by atoms with van der Waals surface area (Å²) in [5.74, 6) is 0.163. The zero-order valence-corrected chi connectivity index (χ0v) is 10.8. The predicted molar refractivity (Wildman–Crippen MR) is 70.1 cm³/mol. The number of nitro benzene ring substituents is 1. The summed E-state index contributed by atoms with van der Waals surface area (Å²) >= 11 is 0. The second kappa shape index (κ2) is 4.13. The van der Waals surface area contributed by atoms with Gasteiger partial charge in [0.25, 0.3) is 5.69 Å². The monoisotopic (exact) mass is 260 g/mol. The number of likely N-dealkylation sites (tertiary alicyclic amines) is 1. The Balaban J connectivity index is 2.19. The molecule has 1 aromatic rings. The topological polar surface area (TPSA) is 63.4 Å². The van der Waals surface area contributed by atoms with E-state index in [4.69, 9.17) is 0 Å². The third-order valence-electron chi connectivity index (χ3n) is 4.68. The number of para-hydroxylation sites is 1. The number of ketones is 1. The molecule has 5 heteroatoms. The Morgan fingerprint density at radius 1 is 1.42 bits per heavy atom. The number of hydrogen-bond donors (Lipinski definition) is 0. The van der Waals surface area contributed by atoms with Crippen LogP contribution in [0, 0.1) is 10.1 Å². The smallest absolute Gasteiger partial charge is 0.273 e. The van der Waals surface area contributed by atoms with Crippen molar-refractivity contribution in [2.45, 2.75) is 30.7 Å². The Hall–Kier alpha value is -1.75. The summed E-state index contributed by atoms with van der Waals surface area (Å²) in [4.78, 5) is 25.5. The van der Waals surface area contributed by atoms with Crippen LogP contribution in [0.4, 0.5) is 5.69 Å². The van der Waals surface area contributed by atoms with Gasteiger partial charge in [-0.1, -0.05) is 18.2 Å².